The first-order chi connectivity index (χ1) is 15.5. The predicted molar refractivity (Wildman–Crippen MR) is 127 cm³/mol. The molecule has 2 amide bonds. The summed E-state index contributed by atoms with van der Waals surface area (Å²) in [5.74, 6) is -0.305. The van der Waals surface area contributed by atoms with Crippen molar-refractivity contribution in [2.24, 2.45) is 5.92 Å². The maximum absolute atomic E-state index is 13.1. The van der Waals surface area contributed by atoms with Crippen molar-refractivity contribution in [3.05, 3.63) is 52.5 Å². The van der Waals surface area contributed by atoms with E-state index in [1.54, 1.807) is 17.0 Å². The number of aromatic nitrogens is 1. The van der Waals surface area contributed by atoms with E-state index >= 15 is 0 Å². The Morgan fingerprint density at radius 1 is 1.09 bits per heavy atom. The monoisotopic (exact) mass is 489 g/mol. The maximum atomic E-state index is 13.1. The van der Waals surface area contributed by atoms with Gasteiger partial charge in [-0.1, -0.05) is 40.6 Å². The van der Waals surface area contributed by atoms with Gasteiger partial charge in [-0.2, -0.15) is 0 Å². The molecule has 0 saturated carbocycles. The molecule has 2 aliphatic rings. The first-order valence-corrected chi connectivity index (χ1v) is 12.1. The minimum absolute atomic E-state index is 0.00848. The van der Waals surface area contributed by atoms with Gasteiger partial charge in [0.25, 0.3) is 5.19 Å². The van der Waals surface area contributed by atoms with Crippen molar-refractivity contribution in [2.45, 2.75) is 25.4 Å². The van der Waals surface area contributed by atoms with E-state index in [9.17, 15) is 9.59 Å². The summed E-state index contributed by atoms with van der Waals surface area (Å²) in [5, 5.41) is 1.85. The molecule has 3 heterocycles. The van der Waals surface area contributed by atoms with Crippen LogP contribution in [0.15, 0.2) is 42.5 Å². The Bertz CT molecular complexity index is 1160. The van der Waals surface area contributed by atoms with Gasteiger partial charge in [-0.15, -0.1) is 0 Å². The molecule has 2 fully saturated rings. The second-order valence-corrected chi connectivity index (χ2v) is 9.93. The van der Waals surface area contributed by atoms with Gasteiger partial charge in [0.1, 0.15) is 11.6 Å². The largest absolute Gasteiger partial charge is 0.467 e. The number of carbonyl (C=O) groups excluding carboxylic acids is 2. The summed E-state index contributed by atoms with van der Waals surface area (Å²) in [4.78, 5) is 33.6. The van der Waals surface area contributed by atoms with E-state index in [1.165, 1.54) is 11.3 Å². The molecule has 32 heavy (non-hydrogen) atoms. The van der Waals surface area contributed by atoms with Gasteiger partial charge in [0.15, 0.2) is 0 Å². The summed E-state index contributed by atoms with van der Waals surface area (Å²) in [7, 11) is 0. The number of anilines is 1. The predicted octanol–water partition coefficient (Wildman–Crippen LogP) is 5.03. The molecule has 9 heteroatoms. The summed E-state index contributed by atoms with van der Waals surface area (Å²) in [6.07, 6.45) is 1.72. The number of carbonyl (C=O) groups is 2. The molecule has 0 spiro atoms. The number of halogens is 2. The smallest absolute Gasteiger partial charge is 0.274 e. The fourth-order valence-electron chi connectivity index (χ4n) is 4.28. The third kappa shape index (κ3) is 4.29. The van der Waals surface area contributed by atoms with Crippen molar-refractivity contribution >= 4 is 62.3 Å². The van der Waals surface area contributed by atoms with E-state index in [0.717, 1.165) is 28.7 Å². The number of hydrogen-bond donors (Lipinski definition) is 0. The summed E-state index contributed by atoms with van der Waals surface area (Å²) < 4.78 is 7.08. The number of ether oxygens (including phenoxy) is 1. The number of thiazole rings is 1. The third-order valence-corrected chi connectivity index (χ3v) is 7.45. The van der Waals surface area contributed by atoms with E-state index < -0.39 is 0 Å². The number of para-hydroxylation sites is 1. The van der Waals surface area contributed by atoms with Crippen LogP contribution in [0.25, 0.3) is 10.2 Å². The van der Waals surface area contributed by atoms with Gasteiger partial charge in [0.2, 0.25) is 11.8 Å². The van der Waals surface area contributed by atoms with Crippen LogP contribution in [0.4, 0.5) is 5.69 Å². The van der Waals surface area contributed by atoms with Crippen molar-refractivity contribution in [3.8, 4) is 5.19 Å². The van der Waals surface area contributed by atoms with Crippen LogP contribution in [0.3, 0.4) is 0 Å². The molecule has 1 unspecified atom stereocenters. The fraction of sp³-hybridized carbons (Fsp3) is 0.348. The highest BCUT2D eigenvalue weighted by Crippen LogP contribution is 2.34. The normalized spacial score (nSPS) is 19.7. The Morgan fingerprint density at radius 3 is 2.56 bits per heavy atom. The van der Waals surface area contributed by atoms with Gasteiger partial charge in [-0.05, 0) is 36.4 Å². The number of fused-ring (bicyclic) bond motifs is 1. The first kappa shape index (κ1) is 21.5. The molecule has 1 atom stereocenters. The Balaban J connectivity index is 1.17. The molecule has 0 bridgehead atoms. The van der Waals surface area contributed by atoms with Gasteiger partial charge in [-0.25, -0.2) is 4.98 Å². The molecular weight excluding hydrogens is 469 g/mol. The molecule has 0 N–H and O–H groups in total. The number of rotatable bonds is 4. The minimum Gasteiger partial charge on any atom is -0.467 e. The topological polar surface area (TPSA) is 62.7 Å². The van der Waals surface area contributed by atoms with Gasteiger partial charge in [0.05, 0.1) is 15.6 Å². The Hall–Kier alpha value is -2.35. The lowest BCUT2D eigenvalue weighted by atomic mass is 10.0. The van der Waals surface area contributed by atoms with Crippen LogP contribution in [-0.4, -0.2) is 47.4 Å². The average Bonchev–Trinajstić information content (AvgIpc) is 3.38. The van der Waals surface area contributed by atoms with Crippen molar-refractivity contribution in [3.63, 3.8) is 0 Å². The van der Waals surface area contributed by atoms with Crippen LogP contribution in [0, 0.1) is 5.92 Å². The highest BCUT2D eigenvalue weighted by molar-refractivity contribution is 7.20. The number of piperidine rings is 1. The van der Waals surface area contributed by atoms with Crippen molar-refractivity contribution in [1.82, 2.24) is 9.88 Å². The highest BCUT2D eigenvalue weighted by atomic mass is 35.5. The quantitative estimate of drug-likeness (QED) is 0.515. The van der Waals surface area contributed by atoms with Gasteiger partial charge < -0.3 is 14.5 Å². The number of nitrogens with zero attached hydrogens (tertiary/aromatic N) is 3. The molecule has 5 rings (SSSR count). The average molecular weight is 490 g/mol. The van der Waals surface area contributed by atoms with Crippen LogP contribution in [0.2, 0.25) is 10.0 Å². The lowest BCUT2D eigenvalue weighted by Crippen LogP contribution is -2.44. The lowest BCUT2D eigenvalue weighted by Gasteiger charge is -2.33. The summed E-state index contributed by atoms with van der Waals surface area (Å²) >= 11 is 13.6. The number of likely N-dealkylation sites (tertiary alicyclic amines) is 1. The van der Waals surface area contributed by atoms with E-state index in [0.29, 0.717) is 34.9 Å². The summed E-state index contributed by atoms with van der Waals surface area (Å²) in [6.45, 7) is 1.63. The van der Waals surface area contributed by atoms with Crippen LogP contribution in [0.5, 0.6) is 5.19 Å². The van der Waals surface area contributed by atoms with E-state index in [2.05, 4.69) is 4.98 Å². The molecule has 0 radical (unpaired) electrons. The second kappa shape index (κ2) is 8.89. The molecule has 1 aromatic heterocycles. The molecule has 2 saturated heterocycles. The number of benzene rings is 2. The molecule has 166 valence electrons. The summed E-state index contributed by atoms with van der Waals surface area (Å²) in [5.41, 5.74) is 1.54. The first-order valence-electron chi connectivity index (χ1n) is 10.5. The molecule has 6 nitrogen and oxygen atoms in total. The highest BCUT2D eigenvalue weighted by Gasteiger charge is 2.38. The molecule has 0 aliphatic carbocycles. The SMILES string of the molecule is O=C(C1CC(=O)N(c2ccc(Cl)cc2)C1)N1CCC(Oc2nc3c(Cl)cccc3s2)CC1. The molecular formula is C23H21Cl2N3O3S. The standard InChI is InChI=1S/C23H21Cl2N3O3S/c24-15-4-6-16(7-5-15)28-13-14(12-20(28)29)22(30)27-10-8-17(9-11-27)31-23-26-21-18(25)2-1-3-19(21)32-23/h1-7,14,17H,8-13H2. The third-order valence-electron chi connectivity index (χ3n) is 5.98. The zero-order valence-electron chi connectivity index (χ0n) is 17.2. The van der Waals surface area contributed by atoms with E-state index in [1.807, 2.05) is 35.2 Å². The second-order valence-electron chi connectivity index (χ2n) is 8.09. The van der Waals surface area contributed by atoms with Gasteiger partial charge in [-0.3, -0.25) is 9.59 Å². The number of hydrogen-bond acceptors (Lipinski definition) is 5. The van der Waals surface area contributed by atoms with Crippen LogP contribution in [-0.2, 0) is 9.59 Å². The minimum atomic E-state index is -0.318. The zero-order valence-corrected chi connectivity index (χ0v) is 19.5. The molecule has 2 aliphatic heterocycles. The maximum Gasteiger partial charge on any atom is 0.274 e. The molecule has 3 aromatic rings. The van der Waals surface area contributed by atoms with Gasteiger partial charge in [0, 0.05) is 49.6 Å². The number of amides is 2. The summed E-state index contributed by atoms with van der Waals surface area (Å²) in [6, 6.07) is 12.8. The van der Waals surface area contributed by atoms with Crippen molar-refractivity contribution < 1.29 is 14.3 Å². The van der Waals surface area contributed by atoms with E-state index in [-0.39, 0.29) is 30.3 Å². The lowest BCUT2D eigenvalue weighted by molar-refractivity contribution is -0.137. The Morgan fingerprint density at radius 2 is 1.84 bits per heavy atom. The van der Waals surface area contributed by atoms with Crippen molar-refractivity contribution in [1.29, 1.82) is 0 Å². The van der Waals surface area contributed by atoms with E-state index in [4.69, 9.17) is 27.9 Å². The van der Waals surface area contributed by atoms with Crippen LogP contribution >= 0.6 is 34.5 Å². The molecule has 2 aromatic carbocycles. The van der Waals surface area contributed by atoms with Crippen LogP contribution in [0.1, 0.15) is 19.3 Å². The zero-order chi connectivity index (χ0) is 22.2. The Labute approximate surface area is 199 Å². The Kier molecular flexibility index (Phi) is 5.97. The van der Waals surface area contributed by atoms with Crippen LogP contribution < -0.4 is 9.64 Å². The fourth-order valence-corrected chi connectivity index (χ4v) is 5.59. The van der Waals surface area contributed by atoms with Gasteiger partial charge >= 0.3 is 0 Å². The van der Waals surface area contributed by atoms with Crippen molar-refractivity contribution in [2.75, 3.05) is 24.5 Å².